The summed E-state index contributed by atoms with van der Waals surface area (Å²) in [7, 11) is 1.44. The maximum atomic E-state index is 10.1. The molecule has 0 spiro atoms. The van der Waals surface area contributed by atoms with E-state index in [0.717, 1.165) is 6.42 Å². The number of hydrogen-bond acceptors (Lipinski definition) is 4. The van der Waals surface area contributed by atoms with Crippen molar-refractivity contribution in [1.29, 1.82) is 0 Å². The van der Waals surface area contributed by atoms with Crippen LogP contribution in [0, 0.1) is 5.92 Å². The van der Waals surface area contributed by atoms with Gasteiger partial charge in [-0.3, -0.25) is 0 Å². The smallest absolute Gasteiger partial charge is 0.176 e. The van der Waals surface area contributed by atoms with E-state index < -0.39 is 12.1 Å². The van der Waals surface area contributed by atoms with Gasteiger partial charge in [0.15, 0.2) is 11.5 Å². The maximum absolute atomic E-state index is 10.1. The molecule has 6 heteroatoms. The molecule has 1 aromatic rings. The molecule has 0 aliphatic rings. The van der Waals surface area contributed by atoms with E-state index in [0.29, 0.717) is 17.9 Å². The van der Waals surface area contributed by atoms with Gasteiger partial charge >= 0.3 is 0 Å². The number of halogens is 2. The van der Waals surface area contributed by atoms with Crippen LogP contribution in [-0.4, -0.2) is 23.4 Å². The number of ether oxygens (including phenoxy) is 1. The lowest BCUT2D eigenvalue weighted by molar-refractivity contribution is 0.128. The van der Waals surface area contributed by atoms with Gasteiger partial charge in [0, 0.05) is 0 Å². The molecule has 0 heterocycles. The molecule has 0 bridgehead atoms. The molecule has 1 aromatic carbocycles. The minimum Gasteiger partial charge on any atom is -0.503 e. The van der Waals surface area contributed by atoms with Crippen molar-refractivity contribution in [2.75, 3.05) is 7.11 Å². The zero-order valence-corrected chi connectivity index (χ0v) is 13.5. The Balaban J connectivity index is 0.00000361. The molecule has 0 saturated heterocycles. The molecule has 0 amide bonds. The third kappa shape index (κ3) is 5.02. The fourth-order valence-corrected chi connectivity index (χ4v) is 2.07. The van der Waals surface area contributed by atoms with E-state index in [1.165, 1.54) is 7.11 Å². The molecule has 0 aliphatic carbocycles. The normalized spacial score (nSPS) is 13.8. The number of benzene rings is 1. The highest BCUT2D eigenvalue weighted by atomic mass is 35.5. The third-order valence-corrected chi connectivity index (χ3v) is 3.40. The van der Waals surface area contributed by atoms with Gasteiger partial charge in [-0.1, -0.05) is 25.4 Å². The molecular formula is C14H23Cl2NO3. The summed E-state index contributed by atoms with van der Waals surface area (Å²) in [6.45, 7) is 4.19. The second kappa shape index (κ2) is 8.57. The molecule has 2 atom stereocenters. The van der Waals surface area contributed by atoms with Crippen LogP contribution >= 0.6 is 24.0 Å². The number of phenols is 1. The summed E-state index contributed by atoms with van der Waals surface area (Å²) in [6.07, 6.45) is 0.880. The average Bonchev–Trinajstić information content (AvgIpc) is 2.37. The van der Waals surface area contributed by atoms with E-state index in [1.807, 2.05) is 0 Å². The van der Waals surface area contributed by atoms with Crippen LogP contribution in [0.5, 0.6) is 11.5 Å². The first-order valence-corrected chi connectivity index (χ1v) is 6.74. The molecule has 20 heavy (non-hydrogen) atoms. The van der Waals surface area contributed by atoms with Gasteiger partial charge in [0.1, 0.15) is 0 Å². The van der Waals surface area contributed by atoms with Crippen LogP contribution in [0.25, 0.3) is 0 Å². The van der Waals surface area contributed by atoms with Crippen LogP contribution in [0.2, 0.25) is 5.02 Å². The van der Waals surface area contributed by atoms with E-state index >= 15 is 0 Å². The highest BCUT2D eigenvalue weighted by molar-refractivity contribution is 6.32. The zero-order chi connectivity index (χ0) is 14.6. The molecule has 1 rings (SSSR count). The van der Waals surface area contributed by atoms with Crippen molar-refractivity contribution < 1.29 is 14.9 Å². The Morgan fingerprint density at radius 3 is 2.40 bits per heavy atom. The lowest BCUT2D eigenvalue weighted by atomic mass is 9.96. The van der Waals surface area contributed by atoms with E-state index in [4.69, 9.17) is 22.1 Å². The fourth-order valence-electron chi connectivity index (χ4n) is 1.85. The number of nitrogens with two attached hydrogens (primary N) is 1. The van der Waals surface area contributed by atoms with E-state index in [-0.39, 0.29) is 28.9 Å². The molecular weight excluding hydrogens is 301 g/mol. The Kier molecular flexibility index (Phi) is 8.28. The SMILES string of the molecule is COc1cc([C@H](N)[C@H](O)CCC(C)C)cc(Cl)c1O.Cl. The third-order valence-electron chi connectivity index (χ3n) is 3.11. The van der Waals surface area contributed by atoms with Crippen LogP contribution in [0.3, 0.4) is 0 Å². The second-order valence-electron chi connectivity index (χ2n) is 5.12. The number of phenolic OH excluding ortho intramolecular Hbond substituents is 1. The molecule has 116 valence electrons. The van der Waals surface area contributed by atoms with Crippen molar-refractivity contribution in [2.24, 2.45) is 11.7 Å². The summed E-state index contributed by atoms with van der Waals surface area (Å²) in [5.41, 5.74) is 6.67. The van der Waals surface area contributed by atoms with Crippen molar-refractivity contribution in [2.45, 2.75) is 38.8 Å². The number of methoxy groups -OCH3 is 1. The lowest BCUT2D eigenvalue weighted by Gasteiger charge is -2.21. The van der Waals surface area contributed by atoms with Gasteiger partial charge in [0.05, 0.1) is 24.3 Å². The van der Waals surface area contributed by atoms with Crippen molar-refractivity contribution in [3.63, 3.8) is 0 Å². The topological polar surface area (TPSA) is 75.7 Å². The predicted molar refractivity (Wildman–Crippen MR) is 83.9 cm³/mol. The van der Waals surface area contributed by atoms with Gasteiger partial charge in [-0.15, -0.1) is 12.4 Å². The lowest BCUT2D eigenvalue weighted by Crippen LogP contribution is -2.26. The minimum atomic E-state index is -0.646. The summed E-state index contributed by atoms with van der Waals surface area (Å²) < 4.78 is 5.02. The molecule has 0 saturated carbocycles. The standard InChI is InChI=1S/C14H22ClNO3.ClH/c1-8(2)4-5-11(17)13(16)9-6-10(15)14(18)12(7-9)19-3;/h6-8,11,13,17-18H,4-5,16H2,1-3H3;1H/t11-,13+;/m1./s1. The van der Waals surface area contributed by atoms with E-state index in [2.05, 4.69) is 13.8 Å². The molecule has 0 unspecified atom stereocenters. The number of aliphatic hydroxyl groups is 1. The Morgan fingerprint density at radius 2 is 1.90 bits per heavy atom. The molecule has 4 nitrogen and oxygen atoms in total. The first-order chi connectivity index (χ1) is 8.86. The summed E-state index contributed by atoms with van der Waals surface area (Å²) in [4.78, 5) is 0. The Labute approximate surface area is 131 Å². The first-order valence-electron chi connectivity index (χ1n) is 6.36. The predicted octanol–water partition coefficient (Wildman–Crippen LogP) is 3.27. The number of aromatic hydroxyl groups is 1. The van der Waals surface area contributed by atoms with Gasteiger partial charge in [0.25, 0.3) is 0 Å². The molecule has 0 aromatic heterocycles. The number of hydrogen-bond donors (Lipinski definition) is 3. The van der Waals surface area contributed by atoms with Gasteiger partial charge in [-0.2, -0.15) is 0 Å². The van der Waals surface area contributed by atoms with Crippen LogP contribution in [-0.2, 0) is 0 Å². The van der Waals surface area contributed by atoms with Gasteiger partial charge in [-0.25, -0.2) is 0 Å². The highest BCUT2D eigenvalue weighted by Gasteiger charge is 2.20. The summed E-state index contributed by atoms with van der Waals surface area (Å²) in [5.74, 6) is 0.658. The fraction of sp³-hybridized carbons (Fsp3) is 0.571. The molecule has 0 radical (unpaired) electrons. The van der Waals surface area contributed by atoms with E-state index in [1.54, 1.807) is 12.1 Å². The van der Waals surface area contributed by atoms with Crippen LogP contribution in [0.15, 0.2) is 12.1 Å². The Hall–Kier alpha value is -0.680. The summed E-state index contributed by atoms with van der Waals surface area (Å²) >= 11 is 5.91. The van der Waals surface area contributed by atoms with Crippen LogP contribution < -0.4 is 10.5 Å². The van der Waals surface area contributed by atoms with Crippen molar-refractivity contribution >= 4 is 24.0 Å². The highest BCUT2D eigenvalue weighted by Crippen LogP contribution is 2.37. The number of aliphatic hydroxyl groups excluding tert-OH is 1. The van der Waals surface area contributed by atoms with E-state index in [9.17, 15) is 10.2 Å². The van der Waals surface area contributed by atoms with Crippen LogP contribution in [0.4, 0.5) is 0 Å². The van der Waals surface area contributed by atoms with Gasteiger partial charge in [-0.05, 0) is 36.5 Å². The maximum Gasteiger partial charge on any atom is 0.176 e. The Bertz CT molecular complexity index is 427. The second-order valence-corrected chi connectivity index (χ2v) is 5.53. The molecule has 4 N–H and O–H groups in total. The van der Waals surface area contributed by atoms with Crippen molar-refractivity contribution in [1.82, 2.24) is 0 Å². The van der Waals surface area contributed by atoms with Gasteiger partial charge < -0.3 is 20.7 Å². The largest absolute Gasteiger partial charge is 0.503 e. The molecule has 0 aliphatic heterocycles. The molecule has 0 fully saturated rings. The summed E-state index contributed by atoms with van der Waals surface area (Å²) in [5, 5.41) is 19.9. The number of rotatable bonds is 6. The summed E-state index contributed by atoms with van der Waals surface area (Å²) in [6, 6.07) is 2.61. The Morgan fingerprint density at radius 1 is 1.30 bits per heavy atom. The van der Waals surface area contributed by atoms with Crippen LogP contribution in [0.1, 0.15) is 38.3 Å². The minimum absolute atomic E-state index is 0. The van der Waals surface area contributed by atoms with Gasteiger partial charge in [0.2, 0.25) is 0 Å². The average molecular weight is 324 g/mol. The monoisotopic (exact) mass is 323 g/mol. The first kappa shape index (κ1) is 19.3. The quantitative estimate of drug-likeness (QED) is 0.751. The van der Waals surface area contributed by atoms with Crippen molar-refractivity contribution in [3.05, 3.63) is 22.7 Å². The van der Waals surface area contributed by atoms with Crippen molar-refractivity contribution in [3.8, 4) is 11.5 Å². The zero-order valence-electron chi connectivity index (χ0n) is 12.0.